The van der Waals surface area contributed by atoms with Gasteiger partial charge in [-0.1, -0.05) is 57.9 Å². The van der Waals surface area contributed by atoms with Crippen LogP contribution < -0.4 is 0 Å². The van der Waals surface area contributed by atoms with Gasteiger partial charge < -0.3 is 9.55 Å². The topological polar surface area (TPSA) is 20.7 Å². The van der Waals surface area contributed by atoms with E-state index in [1.807, 2.05) is 0 Å². The molecule has 0 saturated carbocycles. The van der Waals surface area contributed by atoms with Crippen molar-refractivity contribution in [2.24, 2.45) is 0 Å². The lowest BCUT2D eigenvalue weighted by Gasteiger charge is -2.05. The van der Waals surface area contributed by atoms with Crippen molar-refractivity contribution in [2.45, 2.75) is 71.8 Å². The first-order valence-electron chi connectivity index (χ1n) is 8.41. The van der Waals surface area contributed by atoms with Crippen LogP contribution >= 0.6 is 12.2 Å². The van der Waals surface area contributed by atoms with Gasteiger partial charge in [-0.15, -0.1) is 0 Å². The highest BCUT2D eigenvalue weighted by Crippen LogP contribution is 2.17. The first kappa shape index (κ1) is 16.3. The number of aromatic amines is 1. The minimum atomic E-state index is 0.860. The Balaban J connectivity index is 1.80. The van der Waals surface area contributed by atoms with Crippen molar-refractivity contribution >= 4 is 23.3 Å². The van der Waals surface area contributed by atoms with Gasteiger partial charge in [0.05, 0.1) is 11.0 Å². The van der Waals surface area contributed by atoms with Crippen LogP contribution in [0.4, 0.5) is 0 Å². The molecule has 0 amide bonds. The number of hydrogen-bond acceptors (Lipinski definition) is 1. The Bertz CT molecular complexity index is 609. The highest BCUT2D eigenvalue weighted by molar-refractivity contribution is 7.71. The van der Waals surface area contributed by atoms with Crippen LogP contribution in [-0.2, 0) is 6.54 Å². The number of fused-ring (bicyclic) bond motifs is 1. The van der Waals surface area contributed by atoms with Gasteiger partial charge in [-0.3, -0.25) is 0 Å². The molecule has 0 bridgehead atoms. The number of aromatic nitrogens is 2. The van der Waals surface area contributed by atoms with Crippen molar-refractivity contribution in [2.75, 3.05) is 0 Å². The van der Waals surface area contributed by atoms with Crippen molar-refractivity contribution in [3.8, 4) is 0 Å². The SMILES string of the molecule is CCCCCCCCCCn1c(=S)[nH]c2ccc(C)cc21. The van der Waals surface area contributed by atoms with Gasteiger partial charge in [0, 0.05) is 6.54 Å². The Labute approximate surface area is 133 Å². The maximum absolute atomic E-state index is 5.45. The lowest BCUT2D eigenvalue weighted by atomic mass is 10.1. The molecule has 0 fully saturated rings. The number of nitrogens with one attached hydrogen (secondary N) is 1. The van der Waals surface area contributed by atoms with E-state index in [1.54, 1.807) is 0 Å². The Morgan fingerprint density at radius 3 is 2.38 bits per heavy atom. The highest BCUT2D eigenvalue weighted by atomic mass is 32.1. The van der Waals surface area contributed by atoms with E-state index in [4.69, 9.17) is 12.2 Å². The van der Waals surface area contributed by atoms with Crippen molar-refractivity contribution in [1.82, 2.24) is 9.55 Å². The van der Waals surface area contributed by atoms with Crippen molar-refractivity contribution in [3.63, 3.8) is 0 Å². The summed E-state index contributed by atoms with van der Waals surface area (Å²) in [4.78, 5) is 3.31. The van der Waals surface area contributed by atoms with Gasteiger partial charge in [0.1, 0.15) is 0 Å². The standard InChI is InChI=1S/C18H28N2S/c1-3-4-5-6-7-8-9-10-13-20-17-14-15(2)11-12-16(17)19-18(20)21/h11-12,14H,3-10,13H2,1-2H3,(H,19,21). The third-order valence-corrected chi connectivity index (χ3v) is 4.49. The Morgan fingerprint density at radius 1 is 1.00 bits per heavy atom. The van der Waals surface area contributed by atoms with Crippen LogP contribution in [0.25, 0.3) is 11.0 Å². The molecule has 0 spiro atoms. The van der Waals surface area contributed by atoms with Crippen molar-refractivity contribution in [3.05, 3.63) is 28.5 Å². The van der Waals surface area contributed by atoms with E-state index in [-0.39, 0.29) is 0 Å². The van der Waals surface area contributed by atoms with E-state index >= 15 is 0 Å². The van der Waals surface area contributed by atoms with Crippen LogP contribution in [0.3, 0.4) is 0 Å². The number of rotatable bonds is 9. The molecule has 0 aliphatic carbocycles. The minimum Gasteiger partial charge on any atom is -0.331 e. The van der Waals surface area contributed by atoms with Crippen LogP contribution in [0.1, 0.15) is 63.9 Å². The molecule has 0 radical (unpaired) electrons. The summed E-state index contributed by atoms with van der Waals surface area (Å²) in [7, 11) is 0. The Hall–Kier alpha value is -1.09. The third kappa shape index (κ3) is 4.70. The lowest BCUT2D eigenvalue weighted by molar-refractivity contribution is 0.546. The van der Waals surface area contributed by atoms with Crippen LogP contribution in [0.2, 0.25) is 0 Å². The molecule has 1 aromatic heterocycles. The van der Waals surface area contributed by atoms with E-state index in [9.17, 15) is 0 Å². The van der Waals surface area contributed by atoms with E-state index in [0.29, 0.717) is 0 Å². The fourth-order valence-corrected chi connectivity index (χ4v) is 3.19. The summed E-state index contributed by atoms with van der Waals surface area (Å²) in [6, 6.07) is 6.49. The molecular formula is C18H28N2S. The van der Waals surface area contributed by atoms with Gasteiger partial charge in [0.15, 0.2) is 4.77 Å². The number of H-pyrrole nitrogens is 1. The smallest absolute Gasteiger partial charge is 0.178 e. The summed E-state index contributed by atoms with van der Waals surface area (Å²) in [5, 5.41) is 0. The van der Waals surface area contributed by atoms with Crippen LogP contribution in [0.5, 0.6) is 0 Å². The zero-order valence-corrected chi connectivity index (χ0v) is 14.3. The normalized spacial score (nSPS) is 11.3. The molecule has 3 heteroatoms. The monoisotopic (exact) mass is 304 g/mol. The molecule has 2 aromatic rings. The number of hydrogen-bond donors (Lipinski definition) is 1. The number of benzene rings is 1. The molecule has 1 N–H and O–H groups in total. The van der Waals surface area contributed by atoms with Crippen LogP contribution in [0, 0.1) is 11.7 Å². The lowest BCUT2D eigenvalue weighted by Crippen LogP contribution is -1.98. The fraction of sp³-hybridized carbons (Fsp3) is 0.611. The second-order valence-electron chi connectivity index (χ2n) is 6.08. The summed E-state index contributed by atoms with van der Waals surface area (Å²) in [5.74, 6) is 0. The van der Waals surface area contributed by atoms with Gasteiger partial charge in [-0.2, -0.15) is 0 Å². The first-order valence-corrected chi connectivity index (χ1v) is 8.82. The zero-order chi connectivity index (χ0) is 15.1. The molecule has 0 aliphatic heterocycles. The van der Waals surface area contributed by atoms with Gasteiger partial charge in [0.25, 0.3) is 0 Å². The van der Waals surface area contributed by atoms with Crippen molar-refractivity contribution in [1.29, 1.82) is 0 Å². The largest absolute Gasteiger partial charge is 0.331 e. The predicted molar refractivity (Wildman–Crippen MR) is 94.5 cm³/mol. The molecule has 2 rings (SSSR count). The van der Waals surface area contributed by atoms with Gasteiger partial charge >= 0.3 is 0 Å². The summed E-state index contributed by atoms with van der Waals surface area (Å²) in [5.41, 5.74) is 3.70. The van der Waals surface area contributed by atoms with E-state index in [2.05, 4.69) is 41.6 Å². The predicted octanol–water partition coefficient (Wildman–Crippen LogP) is 6.15. The third-order valence-electron chi connectivity index (χ3n) is 4.17. The molecule has 0 aliphatic rings. The molecular weight excluding hydrogens is 276 g/mol. The molecule has 0 atom stereocenters. The quantitative estimate of drug-likeness (QED) is 0.435. The molecule has 2 nitrogen and oxygen atoms in total. The molecule has 1 aromatic carbocycles. The average Bonchev–Trinajstić information content (AvgIpc) is 2.77. The van der Waals surface area contributed by atoms with E-state index < -0.39 is 0 Å². The minimum absolute atomic E-state index is 0.860. The number of imidazole rings is 1. The summed E-state index contributed by atoms with van der Waals surface area (Å²) in [6.45, 7) is 5.44. The molecule has 0 saturated heterocycles. The molecule has 0 unspecified atom stereocenters. The molecule has 116 valence electrons. The number of unbranched alkanes of at least 4 members (excludes halogenated alkanes) is 7. The number of nitrogens with zero attached hydrogens (tertiary/aromatic N) is 1. The second-order valence-corrected chi connectivity index (χ2v) is 6.46. The fourth-order valence-electron chi connectivity index (χ4n) is 2.89. The van der Waals surface area contributed by atoms with Gasteiger partial charge in [0.2, 0.25) is 0 Å². The summed E-state index contributed by atoms with van der Waals surface area (Å²) < 4.78 is 3.12. The van der Waals surface area contributed by atoms with E-state index in [1.165, 1.54) is 62.4 Å². The highest BCUT2D eigenvalue weighted by Gasteiger charge is 2.04. The first-order chi connectivity index (χ1) is 10.2. The van der Waals surface area contributed by atoms with Gasteiger partial charge in [-0.25, -0.2) is 0 Å². The summed E-state index contributed by atoms with van der Waals surface area (Å²) >= 11 is 5.45. The number of aryl methyl sites for hydroxylation is 2. The maximum Gasteiger partial charge on any atom is 0.178 e. The second kappa shape index (κ2) is 8.38. The van der Waals surface area contributed by atoms with Gasteiger partial charge in [-0.05, 0) is 43.3 Å². The van der Waals surface area contributed by atoms with Crippen LogP contribution in [0.15, 0.2) is 18.2 Å². The average molecular weight is 305 g/mol. The molecule has 21 heavy (non-hydrogen) atoms. The van der Waals surface area contributed by atoms with E-state index in [0.717, 1.165) is 16.8 Å². The maximum atomic E-state index is 5.45. The molecule has 1 heterocycles. The van der Waals surface area contributed by atoms with Crippen molar-refractivity contribution < 1.29 is 0 Å². The Morgan fingerprint density at radius 2 is 1.67 bits per heavy atom. The Kier molecular flexibility index (Phi) is 6.50. The van der Waals surface area contributed by atoms with Crippen LogP contribution in [-0.4, -0.2) is 9.55 Å². The summed E-state index contributed by atoms with van der Waals surface area (Å²) in [6.07, 6.45) is 10.8. The zero-order valence-electron chi connectivity index (χ0n) is 13.5.